The summed E-state index contributed by atoms with van der Waals surface area (Å²) in [4.78, 5) is 4.25. The van der Waals surface area contributed by atoms with E-state index in [1.165, 1.54) is 11.2 Å². The minimum absolute atomic E-state index is 0.0565. The number of rotatable bonds is 4. The minimum atomic E-state index is -0.578. The van der Waals surface area contributed by atoms with Gasteiger partial charge in [0.2, 0.25) is 5.96 Å². The lowest BCUT2D eigenvalue weighted by Crippen LogP contribution is -2.47. The number of nitrogens with zero attached hydrogens (tertiary/aromatic N) is 4. The fraction of sp³-hybridized carbons (Fsp3) is 0.0526. The van der Waals surface area contributed by atoms with E-state index >= 15 is 0 Å². The van der Waals surface area contributed by atoms with Crippen molar-refractivity contribution in [1.29, 1.82) is 0 Å². The highest BCUT2D eigenvalue weighted by Crippen LogP contribution is 2.34. The van der Waals surface area contributed by atoms with Crippen molar-refractivity contribution in [2.75, 3.05) is 5.01 Å². The lowest BCUT2D eigenvalue weighted by Gasteiger charge is -2.29. The summed E-state index contributed by atoms with van der Waals surface area (Å²) in [6.07, 6.45) is 1.51. The van der Waals surface area contributed by atoms with E-state index in [0.717, 1.165) is 18.2 Å². The molecule has 3 aromatic rings. The molecule has 0 fully saturated rings. The predicted molar refractivity (Wildman–Crippen MR) is 109 cm³/mol. The molecule has 2 heterocycles. The number of guanidine groups is 1. The third-order valence-corrected chi connectivity index (χ3v) is 5.10. The van der Waals surface area contributed by atoms with E-state index in [1.807, 2.05) is 0 Å². The van der Waals surface area contributed by atoms with Crippen LogP contribution in [0.25, 0.3) is 11.3 Å². The standard InChI is InChI=1S/C19H14Cl2F2N6/c20-14-4-1-5-16(17(14)21)29-19(24)26-27-28(29)10-11-3-2-8-25-18(11)13-9-12(22)6-7-15(13)23/h1-9,27H,10H2,(H2,24,26). The molecule has 0 atom stereocenters. The number of hydrazone groups is 1. The van der Waals surface area contributed by atoms with Gasteiger partial charge < -0.3 is 5.73 Å². The third-order valence-electron chi connectivity index (χ3n) is 4.29. The Hall–Kier alpha value is -2.94. The van der Waals surface area contributed by atoms with Crippen molar-refractivity contribution in [3.05, 3.63) is 82.0 Å². The molecule has 1 aromatic heterocycles. The Labute approximate surface area is 175 Å². The van der Waals surface area contributed by atoms with Gasteiger partial charge in [-0.1, -0.05) is 35.3 Å². The fourth-order valence-corrected chi connectivity index (χ4v) is 3.36. The average molecular weight is 435 g/mol. The van der Waals surface area contributed by atoms with Gasteiger partial charge in [-0.3, -0.25) is 4.98 Å². The van der Waals surface area contributed by atoms with Crippen molar-refractivity contribution in [1.82, 2.24) is 15.6 Å². The molecule has 0 saturated carbocycles. The van der Waals surface area contributed by atoms with Crippen LogP contribution in [-0.2, 0) is 6.54 Å². The van der Waals surface area contributed by atoms with Crippen LogP contribution < -0.4 is 16.3 Å². The maximum Gasteiger partial charge on any atom is 0.236 e. The van der Waals surface area contributed by atoms with Crippen LogP contribution in [-0.4, -0.2) is 16.1 Å². The van der Waals surface area contributed by atoms with Crippen molar-refractivity contribution in [3.63, 3.8) is 0 Å². The number of hydrogen-bond acceptors (Lipinski definition) is 6. The molecular weight excluding hydrogens is 421 g/mol. The van der Waals surface area contributed by atoms with E-state index in [4.69, 9.17) is 28.9 Å². The normalized spacial score (nSPS) is 14.1. The average Bonchev–Trinajstić information content (AvgIpc) is 3.06. The van der Waals surface area contributed by atoms with Gasteiger partial charge in [0.05, 0.1) is 28.0 Å². The summed E-state index contributed by atoms with van der Waals surface area (Å²) in [5, 5.41) is 7.76. The van der Waals surface area contributed by atoms with Crippen LogP contribution in [0.3, 0.4) is 0 Å². The molecule has 1 aliphatic heterocycles. The van der Waals surface area contributed by atoms with Crippen molar-refractivity contribution < 1.29 is 8.78 Å². The first kappa shape index (κ1) is 19.4. The maximum atomic E-state index is 14.3. The zero-order valence-electron chi connectivity index (χ0n) is 14.8. The zero-order chi connectivity index (χ0) is 20.5. The number of hydrazine groups is 2. The van der Waals surface area contributed by atoms with Crippen molar-refractivity contribution in [3.8, 4) is 11.3 Å². The van der Waals surface area contributed by atoms with E-state index in [2.05, 4.69) is 15.6 Å². The van der Waals surface area contributed by atoms with E-state index in [9.17, 15) is 8.78 Å². The van der Waals surface area contributed by atoms with Gasteiger partial charge in [-0.25, -0.2) is 19.3 Å². The summed E-state index contributed by atoms with van der Waals surface area (Å²) < 4.78 is 28.0. The fourth-order valence-electron chi connectivity index (χ4n) is 2.99. The lowest BCUT2D eigenvalue weighted by molar-refractivity contribution is 0.212. The number of hydrogen-bond donors (Lipinski definition) is 2. The first-order chi connectivity index (χ1) is 14.0. The van der Waals surface area contributed by atoms with Crippen LogP contribution >= 0.6 is 23.2 Å². The van der Waals surface area contributed by atoms with Gasteiger partial charge >= 0.3 is 0 Å². The SMILES string of the molecule is NC1=NNN(Cc2cccnc2-c2cc(F)ccc2F)N1c1cccc(Cl)c1Cl. The number of anilines is 1. The first-order valence-corrected chi connectivity index (χ1v) is 9.21. The first-order valence-electron chi connectivity index (χ1n) is 8.45. The lowest BCUT2D eigenvalue weighted by atomic mass is 10.0. The Kier molecular flexibility index (Phi) is 5.23. The Bertz CT molecular complexity index is 1110. The van der Waals surface area contributed by atoms with Crippen molar-refractivity contribution in [2.45, 2.75) is 6.54 Å². The van der Waals surface area contributed by atoms with E-state index in [0.29, 0.717) is 27.0 Å². The molecule has 0 saturated heterocycles. The molecule has 10 heteroatoms. The quantitative estimate of drug-likeness (QED) is 0.640. The van der Waals surface area contributed by atoms with Gasteiger partial charge in [-0.15, -0.1) is 10.2 Å². The molecule has 0 unspecified atom stereocenters. The van der Waals surface area contributed by atoms with Crippen LogP contribution in [0.4, 0.5) is 14.5 Å². The van der Waals surface area contributed by atoms with Crippen LogP contribution in [0.1, 0.15) is 5.56 Å². The maximum absolute atomic E-state index is 14.3. The van der Waals surface area contributed by atoms with Gasteiger partial charge in [0.25, 0.3) is 0 Å². The summed E-state index contributed by atoms with van der Waals surface area (Å²) in [5.74, 6) is -1.00. The molecule has 0 bridgehead atoms. The van der Waals surface area contributed by atoms with Crippen LogP contribution in [0.15, 0.2) is 59.8 Å². The Morgan fingerprint density at radius 3 is 2.72 bits per heavy atom. The highest BCUT2D eigenvalue weighted by atomic mass is 35.5. The Morgan fingerprint density at radius 2 is 1.90 bits per heavy atom. The van der Waals surface area contributed by atoms with E-state index < -0.39 is 11.6 Å². The molecular formula is C19H14Cl2F2N6. The van der Waals surface area contributed by atoms with Crippen molar-refractivity contribution in [2.24, 2.45) is 10.8 Å². The molecule has 0 amide bonds. The number of aromatic nitrogens is 1. The van der Waals surface area contributed by atoms with Gasteiger partial charge in [0.1, 0.15) is 11.6 Å². The summed E-state index contributed by atoms with van der Waals surface area (Å²) >= 11 is 12.4. The summed E-state index contributed by atoms with van der Waals surface area (Å²) in [7, 11) is 0. The molecule has 0 spiro atoms. The minimum Gasteiger partial charge on any atom is -0.367 e. The number of nitrogens with two attached hydrogens (primary N) is 1. The monoisotopic (exact) mass is 434 g/mol. The highest BCUT2D eigenvalue weighted by molar-refractivity contribution is 6.44. The molecule has 29 heavy (non-hydrogen) atoms. The highest BCUT2D eigenvalue weighted by Gasteiger charge is 2.29. The zero-order valence-corrected chi connectivity index (χ0v) is 16.3. The van der Waals surface area contributed by atoms with Crippen molar-refractivity contribution >= 4 is 34.8 Å². The van der Waals surface area contributed by atoms with Crippen LogP contribution in [0, 0.1) is 11.6 Å². The molecule has 3 N–H and O–H groups in total. The molecule has 0 aliphatic carbocycles. The second-order valence-electron chi connectivity index (χ2n) is 6.15. The summed E-state index contributed by atoms with van der Waals surface area (Å²) in [6, 6.07) is 11.8. The summed E-state index contributed by atoms with van der Waals surface area (Å²) in [6.45, 7) is 0.173. The molecule has 4 rings (SSSR count). The second kappa shape index (κ2) is 7.82. The van der Waals surface area contributed by atoms with Gasteiger partial charge in [0, 0.05) is 11.8 Å². The number of pyridine rings is 1. The smallest absolute Gasteiger partial charge is 0.236 e. The van der Waals surface area contributed by atoms with Gasteiger partial charge in [-0.2, -0.15) is 0 Å². The van der Waals surface area contributed by atoms with Crippen LogP contribution in [0.5, 0.6) is 0 Å². The largest absolute Gasteiger partial charge is 0.367 e. The van der Waals surface area contributed by atoms with Gasteiger partial charge in [-0.05, 0) is 42.0 Å². The Balaban J connectivity index is 1.71. The number of nitrogens with one attached hydrogen (secondary N) is 1. The molecule has 148 valence electrons. The van der Waals surface area contributed by atoms with Gasteiger partial charge in [0.15, 0.2) is 0 Å². The second-order valence-corrected chi connectivity index (χ2v) is 6.93. The number of benzene rings is 2. The number of halogens is 4. The molecule has 2 aromatic carbocycles. The van der Waals surface area contributed by atoms with E-state index in [1.54, 1.807) is 35.4 Å². The topological polar surface area (TPSA) is 69.8 Å². The molecule has 1 aliphatic rings. The molecule has 6 nitrogen and oxygen atoms in total. The Morgan fingerprint density at radius 1 is 1.07 bits per heavy atom. The van der Waals surface area contributed by atoms with E-state index in [-0.39, 0.29) is 18.1 Å². The summed E-state index contributed by atoms with van der Waals surface area (Å²) in [5.41, 5.74) is 10.3. The predicted octanol–water partition coefficient (Wildman–Crippen LogP) is 4.31. The molecule has 0 radical (unpaired) electrons. The third kappa shape index (κ3) is 3.69. The van der Waals surface area contributed by atoms with Crippen LogP contribution in [0.2, 0.25) is 10.0 Å².